The summed E-state index contributed by atoms with van der Waals surface area (Å²) in [6.07, 6.45) is 7.67. The van der Waals surface area contributed by atoms with Crippen LogP contribution in [0.1, 0.15) is 71.4 Å². The van der Waals surface area contributed by atoms with Crippen molar-refractivity contribution in [1.82, 2.24) is 24.8 Å². The summed E-state index contributed by atoms with van der Waals surface area (Å²) in [5.74, 6) is 0.523. The third kappa shape index (κ3) is 4.03. The number of aromatic nitrogens is 3. The molecule has 0 spiro atoms. The number of nitrogens with zero attached hydrogens (tertiary/aromatic N) is 5. The summed E-state index contributed by atoms with van der Waals surface area (Å²) in [6.45, 7) is 7.71. The van der Waals surface area contributed by atoms with Crippen LogP contribution in [0.25, 0.3) is 0 Å². The van der Waals surface area contributed by atoms with Gasteiger partial charge in [-0.3, -0.25) is 14.6 Å². The molecule has 0 unspecified atom stereocenters. The smallest absolute Gasteiger partial charge is 0.257 e. The third-order valence-electron chi connectivity index (χ3n) is 5.27. The van der Waals surface area contributed by atoms with Gasteiger partial charge in [-0.2, -0.15) is 0 Å². The van der Waals surface area contributed by atoms with Crippen LogP contribution in [0.5, 0.6) is 0 Å². The molecule has 0 N–H and O–H groups in total. The van der Waals surface area contributed by atoms with Crippen molar-refractivity contribution in [2.45, 2.75) is 46.1 Å². The Morgan fingerprint density at radius 3 is 2.54 bits per heavy atom. The first kappa shape index (κ1) is 19.9. The highest BCUT2D eigenvalue weighted by Crippen LogP contribution is 2.30. The molecule has 0 aromatic carbocycles. The first-order chi connectivity index (χ1) is 13.6. The summed E-state index contributed by atoms with van der Waals surface area (Å²) in [5.41, 5.74) is 1.80. The molecule has 0 radical (unpaired) electrons. The van der Waals surface area contributed by atoms with E-state index in [4.69, 9.17) is 0 Å². The van der Waals surface area contributed by atoms with Crippen molar-refractivity contribution in [3.63, 3.8) is 0 Å². The van der Waals surface area contributed by atoms with E-state index in [0.29, 0.717) is 42.3 Å². The first-order valence-corrected chi connectivity index (χ1v) is 9.90. The molecule has 3 rings (SSSR count). The molecule has 3 heterocycles. The average molecular weight is 381 g/mol. The van der Waals surface area contributed by atoms with Gasteiger partial charge < -0.3 is 9.80 Å². The van der Waals surface area contributed by atoms with Crippen LogP contribution in [-0.4, -0.2) is 56.2 Å². The van der Waals surface area contributed by atoms with Gasteiger partial charge in [0.15, 0.2) is 5.82 Å². The van der Waals surface area contributed by atoms with E-state index in [1.165, 1.54) is 0 Å². The van der Waals surface area contributed by atoms with Gasteiger partial charge in [-0.1, -0.05) is 0 Å². The van der Waals surface area contributed by atoms with Crippen LogP contribution >= 0.6 is 0 Å². The highest BCUT2D eigenvalue weighted by Gasteiger charge is 2.31. The number of hydrogen-bond acceptors (Lipinski definition) is 5. The second kappa shape index (κ2) is 8.91. The average Bonchev–Trinajstić information content (AvgIpc) is 2.74. The number of likely N-dealkylation sites (tertiary alicyclic amines) is 1. The van der Waals surface area contributed by atoms with Crippen LogP contribution < -0.4 is 0 Å². The van der Waals surface area contributed by atoms with Crippen LogP contribution in [0.3, 0.4) is 0 Å². The number of hydrogen-bond donors (Lipinski definition) is 0. The van der Waals surface area contributed by atoms with E-state index in [-0.39, 0.29) is 17.9 Å². The molecule has 28 heavy (non-hydrogen) atoms. The molecule has 1 saturated heterocycles. The van der Waals surface area contributed by atoms with Crippen LogP contribution in [0, 0.1) is 6.92 Å². The minimum Gasteiger partial charge on any atom is -0.339 e. The maximum Gasteiger partial charge on any atom is 0.257 e. The fourth-order valence-electron chi connectivity index (χ4n) is 3.64. The van der Waals surface area contributed by atoms with Crippen molar-refractivity contribution in [2.24, 2.45) is 0 Å². The van der Waals surface area contributed by atoms with Crippen molar-refractivity contribution in [1.29, 1.82) is 0 Å². The largest absolute Gasteiger partial charge is 0.339 e. The van der Waals surface area contributed by atoms with E-state index >= 15 is 0 Å². The van der Waals surface area contributed by atoms with E-state index < -0.39 is 0 Å². The molecular formula is C21H27N5O2. The van der Waals surface area contributed by atoms with E-state index in [1.807, 2.05) is 25.7 Å². The fraction of sp³-hybridized carbons (Fsp3) is 0.476. The lowest BCUT2D eigenvalue weighted by Gasteiger charge is -2.35. The molecule has 7 heteroatoms. The molecule has 2 aromatic heterocycles. The van der Waals surface area contributed by atoms with E-state index in [2.05, 4.69) is 15.0 Å². The standard InChI is InChI=1S/C21H27N5O2/c1-4-25(5-2)21(28)17-14-23-19(24-15(17)3)18-8-6-7-13-26(18)20(27)16-9-11-22-12-10-16/h9-12,14,18H,4-8,13H2,1-3H3/t18-/m1/s1. The van der Waals surface area contributed by atoms with Gasteiger partial charge >= 0.3 is 0 Å². The molecule has 0 aliphatic carbocycles. The van der Waals surface area contributed by atoms with Crippen LogP contribution in [0.2, 0.25) is 0 Å². The molecule has 1 fully saturated rings. The Labute approximate surface area is 165 Å². The monoisotopic (exact) mass is 381 g/mol. The summed E-state index contributed by atoms with van der Waals surface area (Å²) in [6, 6.07) is 3.28. The number of rotatable bonds is 5. The highest BCUT2D eigenvalue weighted by atomic mass is 16.2. The van der Waals surface area contributed by atoms with Crippen molar-refractivity contribution < 1.29 is 9.59 Å². The van der Waals surface area contributed by atoms with Crippen LogP contribution in [0.4, 0.5) is 0 Å². The highest BCUT2D eigenvalue weighted by molar-refractivity contribution is 5.95. The Bertz CT molecular complexity index is 836. The van der Waals surface area contributed by atoms with Crippen LogP contribution in [0.15, 0.2) is 30.7 Å². The normalized spacial score (nSPS) is 16.7. The van der Waals surface area contributed by atoms with Crippen molar-refractivity contribution in [2.75, 3.05) is 19.6 Å². The van der Waals surface area contributed by atoms with Gasteiger partial charge in [-0.25, -0.2) is 9.97 Å². The summed E-state index contributed by atoms with van der Waals surface area (Å²) >= 11 is 0. The van der Waals surface area contributed by atoms with Gasteiger partial charge in [0.05, 0.1) is 17.3 Å². The number of carbonyl (C=O) groups is 2. The molecule has 7 nitrogen and oxygen atoms in total. The fourth-order valence-corrected chi connectivity index (χ4v) is 3.64. The Hall–Kier alpha value is -2.83. The quantitative estimate of drug-likeness (QED) is 0.795. The molecule has 0 saturated carbocycles. The van der Waals surface area contributed by atoms with Gasteiger partial charge in [-0.15, -0.1) is 0 Å². The first-order valence-electron chi connectivity index (χ1n) is 9.90. The minimum absolute atomic E-state index is 0.0309. The predicted molar refractivity (Wildman–Crippen MR) is 106 cm³/mol. The molecule has 148 valence electrons. The molecule has 2 aromatic rings. The van der Waals surface area contributed by atoms with Crippen molar-refractivity contribution >= 4 is 11.8 Å². The third-order valence-corrected chi connectivity index (χ3v) is 5.27. The predicted octanol–water partition coefficient (Wildman–Crippen LogP) is 3.03. The lowest BCUT2D eigenvalue weighted by Crippen LogP contribution is -2.39. The van der Waals surface area contributed by atoms with E-state index in [1.54, 1.807) is 35.6 Å². The van der Waals surface area contributed by atoms with E-state index in [0.717, 1.165) is 19.3 Å². The molecule has 1 aliphatic rings. The number of amides is 2. The van der Waals surface area contributed by atoms with Crippen molar-refractivity contribution in [3.8, 4) is 0 Å². The van der Waals surface area contributed by atoms with Crippen molar-refractivity contribution in [3.05, 3.63) is 53.4 Å². The summed E-state index contributed by atoms with van der Waals surface area (Å²) in [4.78, 5) is 42.4. The van der Waals surface area contributed by atoms with Gasteiger partial charge in [0, 0.05) is 43.8 Å². The van der Waals surface area contributed by atoms with Gasteiger partial charge in [0.1, 0.15) is 0 Å². The Morgan fingerprint density at radius 2 is 1.89 bits per heavy atom. The van der Waals surface area contributed by atoms with Gasteiger partial charge in [0.25, 0.3) is 11.8 Å². The second-order valence-electron chi connectivity index (χ2n) is 6.95. The zero-order valence-corrected chi connectivity index (χ0v) is 16.8. The molecular weight excluding hydrogens is 354 g/mol. The number of carbonyl (C=O) groups excluding carboxylic acids is 2. The summed E-state index contributed by atoms with van der Waals surface area (Å²) in [5, 5.41) is 0. The Balaban J connectivity index is 1.87. The summed E-state index contributed by atoms with van der Waals surface area (Å²) < 4.78 is 0. The zero-order valence-electron chi connectivity index (χ0n) is 16.8. The Morgan fingerprint density at radius 1 is 1.18 bits per heavy atom. The number of piperidine rings is 1. The molecule has 1 atom stereocenters. The van der Waals surface area contributed by atoms with Gasteiger partial charge in [0.2, 0.25) is 0 Å². The molecule has 0 bridgehead atoms. The maximum absolute atomic E-state index is 13.0. The van der Waals surface area contributed by atoms with E-state index in [9.17, 15) is 9.59 Å². The number of aryl methyl sites for hydroxylation is 1. The lowest BCUT2D eigenvalue weighted by molar-refractivity contribution is 0.0598. The lowest BCUT2D eigenvalue weighted by atomic mass is 10.00. The summed E-state index contributed by atoms with van der Waals surface area (Å²) in [7, 11) is 0. The number of pyridine rings is 1. The zero-order chi connectivity index (χ0) is 20.1. The van der Waals surface area contributed by atoms with Gasteiger partial charge in [-0.05, 0) is 52.2 Å². The Kier molecular flexibility index (Phi) is 6.34. The molecule has 2 amide bonds. The maximum atomic E-state index is 13.0. The molecule has 1 aliphatic heterocycles. The topological polar surface area (TPSA) is 79.3 Å². The minimum atomic E-state index is -0.175. The second-order valence-corrected chi connectivity index (χ2v) is 6.95. The van der Waals surface area contributed by atoms with Crippen LogP contribution in [-0.2, 0) is 0 Å². The SMILES string of the molecule is CCN(CC)C(=O)c1cnc([C@H]2CCCCN2C(=O)c2ccncc2)nc1C.